The third kappa shape index (κ3) is 4.09. The summed E-state index contributed by atoms with van der Waals surface area (Å²) in [5.74, 6) is -1.95. The number of benzene rings is 2. The molecular weight excluding hydrogens is 374 g/mol. The molecule has 0 aromatic heterocycles. The highest BCUT2D eigenvalue weighted by atomic mass is 35.5. The molecule has 27 heavy (non-hydrogen) atoms. The molecule has 1 atom stereocenters. The Bertz CT molecular complexity index is 908. The summed E-state index contributed by atoms with van der Waals surface area (Å²) in [7, 11) is 1.28. The van der Waals surface area contributed by atoms with E-state index in [2.05, 4.69) is 10.1 Å². The molecule has 1 aliphatic heterocycles. The molecule has 2 aromatic carbocycles. The molecule has 0 saturated heterocycles. The van der Waals surface area contributed by atoms with Gasteiger partial charge in [-0.1, -0.05) is 29.8 Å². The average Bonchev–Trinajstić information content (AvgIpc) is 2.96. The second-order valence-electron chi connectivity index (χ2n) is 5.43. The molecule has 0 fully saturated rings. The topological polar surface area (TPSA) is 90.9 Å². The predicted molar refractivity (Wildman–Crippen MR) is 96.0 cm³/mol. The van der Waals surface area contributed by atoms with Crippen LogP contribution in [0.1, 0.15) is 20.7 Å². The molecule has 138 valence electrons. The number of rotatable bonds is 5. The van der Waals surface area contributed by atoms with Crippen LogP contribution in [0.2, 0.25) is 0 Å². The van der Waals surface area contributed by atoms with Crippen molar-refractivity contribution >= 4 is 35.2 Å². The van der Waals surface area contributed by atoms with Crippen molar-refractivity contribution in [2.75, 3.05) is 12.4 Å². The fourth-order valence-corrected chi connectivity index (χ4v) is 2.50. The molecule has 0 aliphatic carbocycles. The average molecular weight is 388 g/mol. The maximum atomic E-state index is 12.2. The van der Waals surface area contributed by atoms with Gasteiger partial charge in [0.15, 0.2) is 5.03 Å². The number of hydrogen-bond acceptors (Lipinski definition) is 7. The minimum absolute atomic E-state index is 0.0942. The Morgan fingerprint density at radius 3 is 2.26 bits per heavy atom. The second-order valence-corrected chi connectivity index (χ2v) is 5.81. The number of nitrogens with one attached hydrogen (secondary N) is 1. The van der Waals surface area contributed by atoms with E-state index in [1.807, 2.05) is 0 Å². The van der Waals surface area contributed by atoms with E-state index < -0.39 is 24.2 Å². The van der Waals surface area contributed by atoms with Crippen molar-refractivity contribution in [1.29, 1.82) is 0 Å². The van der Waals surface area contributed by atoms with Crippen molar-refractivity contribution in [1.82, 2.24) is 0 Å². The van der Waals surface area contributed by atoms with Gasteiger partial charge in [-0.2, -0.15) is 0 Å². The van der Waals surface area contributed by atoms with E-state index in [-0.39, 0.29) is 10.7 Å². The Balaban J connectivity index is 1.76. The molecule has 0 spiro atoms. The van der Waals surface area contributed by atoms with Crippen LogP contribution >= 0.6 is 11.6 Å². The first-order chi connectivity index (χ1) is 13.0. The largest absolute Gasteiger partial charge is 0.465 e. The highest BCUT2D eigenvalue weighted by Crippen LogP contribution is 2.28. The molecule has 0 radical (unpaired) electrons. The van der Waals surface area contributed by atoms with Crippen LogP contribution in [0, 0.1) is 0 Å². The Kier molecular flexibility index (Phi) is 5.42. The highest BCUT2D eigenvalue weighted by Gasteiger charge is 2.36. The summed E-state index contributed by atoms with van der Waals surface area (Å²) >= 11 is 5.98. The van der Waals surface area contributed by atoms with Crippen molar-refractivity contribution < 1.29 is 28.6 Å². The maximum Gasteiger partial charge on any atom is 0.355 e. The predicted octanol–water partition coefficient (Wildman–Crippen LogP) is 3.08. The minimum Gasteiger partial charge on any atom is -0.465 e. The van der Waals surface area contributed by atoms with Gasteiger partial charge in [-0.05, 0) is 36.4 Å². The first-order valence-corrected chi connectivity index (χ1v) is 8.19. The number of methoxy groups -OCH3 is 1. The Hall–Kier alpha value is -3.32. The number of cyclic esters (lactones) is 1. The summed E-state index contributed by atoms with van der Waals surface area (Å²) in [6, 6.07) is 14.5. The van der Waals surface area contributed by atoms with E-state index in [0.717, 1.165) is 0 Å². The number of carbonyl (C=O) groups is 3. The van der Waals surface area contributed by atoms with Gasteiger partial charge >= 0.3 is 17.9 Å². The lowest BCUT2D eigenvalue weighted by atomic mass is 10.2. The summed E-state index contributed by atoms with van der Waals surface area (Å²) < 4.78 is 14.9. The van der Waals surface area contributed by atoms with Gasteiger partial charge in [-0.25, -0.2) is 14.4 Å². The van der Waals surface area contributed by atoms with Crippen molar-refractivity contribution in [3.05, 3.63) is 76.5 Å². The Morgan fingerprint density at radius 1 is 1.00 bits per heavy atom. The maximum absolute atomic E-state index is 12.2. The van der Waals surface area contributed by atoms with Gasteiger partial charge in [-0.3, -0.25) is 0 Å². The highest BCUT2D eigenvalue weighted by molar-refractivity contribution is 6.42. The van der Waals surface area contributed by atoms with Crippen LogP contribution in [0.15, 0.2) is 65.3 Å². The number of ether oxygens (including phenoxy) is 3. The molecule has 1 N–H and O–H groups in total. The van der Waals surface area contributed by atoms with Gasteiger partial charge in [0.05, 0.1) is 18.2 Å². The molecule has 7 nitrogen and oxygen atoms in total. The van der Waals surface area contributed by atoms with Gasteiger partial charge in [0, 0.05) is 5.69 Å². The Morgan fingerprint density at radius 2 is 1.63 bits per heavy atom. The standard InChI is InChI=1S/C19H14ClNO6/c1-25-16(22)12-7-9-13(10-8-12)21-15-14(20)18(24)27-19(15)26-17(23)11-5-3-2-4-6-11/h2-10,19,21H,1H3/t19-/m1/s1. The minimum atomic E-state index is -1.31. The molecule has 8 heteroatoms. The lowest BCUT2D eigenvalue weighted by molar-refractivity contribution is -0.152. The van der Waals surface area contributed by atoms with Gasteiger partial charge in [0.25, 0.3) is 6.29 Å². The van der Waals surface area contributed by atoms with Gasteiger partial charge in [0.2, 0.25) is 0 Å². The zero-order valence-electron chi connectivity index (χ0n) is 14.1. The quantitative estimate of drug-likeness (QED) is 0.788. The number of carbonyl (C=O) groups excluding carboxylic acids is 3. The van der Waals surface area contributed by atoms with Gasteiger partial charge in [0.1, 0.15) is 5.70 Å². The molecule has 0 bridgehead atoms. The van der Waals surface area contributed by atoms with Crippen LogP contribution in [0.25, 0.3) is 0 Å². The van der Waals surface area contributed by atoms with Crippen LogP contribution in [0.3, 0.4) is 0 Å². The molecule has 0 saturated carbocycles. The molecule has 2 aromatic rings. The van der Waals surface area contributed by atoms with Crippen molar-refractivity contribution in [2.24, 2.45) is 0 Å². The fraction of sp³-hybridized carbons (Fsp3) is 0.105. The number of esters is 3. The monoisotopic (exact) mass is 387 g/mol. The van der Waals surface area contributed by atoms with Crippen molar-refractivity contribution in [3.63, 3.8) is 0 Å². The molecule has 0 amide bonds. The zero-order valence-corrected chi connectivity index (χ0v) is 14.9. The summed E-state index contributed by atoms with van der Waals surface area (Å²) in [6.07, 6.45) is -1.31. The van der Waals surface area contributed by atoms with Crippen LogP contribution in [-0.2, 0) is 19.0 Å². The summed E-state index contributed by atoms with van der Waals surface area (Å²) in [4.78, 5) is 35.5. The number of halogens is 1. The van der Waals surface area contributed by atoms with Crippen LogP contribution in [0.5, 0.6) is 0 Å². The smallest absolute Gasteiger partial charge is 0.355 e. The zero-order chi connectivity index (χ0) is 19.4. The van der Waals surface area contributed by atoms with Crippen LogP contribution in [-0.4, -0.2) is 31.3 Å². The third-order valence-electron chi connectivity index (χ3n) is 3.67. The number of anilines is 1. The number of hydrogen-bond donors (Lipinski definition) is 1. The second kappa shape index (κ2) is 7.92. The summed E-state index contributed by atoms with van der Waals surface area (Å²) in [5, 5.41) is 2.66. The first kappa shape index (κ1) is 18.5. The lowest BCUT2D eigenvalue weighted by Gasteiger charge is -2.16. The fourth-order valence-electron chi connectivity index (χ4n) is 2.32. The van der Waals surface area contributed by atoms with Gasteiger partial charge < -0.3 is 19.5 Å². The molecular formula is C19H14ClNO6. The molecule has 1 heterocycles. The normalized spacial score (nSPS) is 15.9. The molecule has 3 rings (SSSR count). The Labute approximate surface area is 159 Å². The molecule has 0 unspecified atom stereocenters. The van der Waals surface area contributed by atoms with E-state index in [0.29, 0.717) is 16.8 Å². The van der Waals surface area contributed by atoms with E-state index in [4.69, 9.17) is 21.1 Å². The summed E-state index contributed by atoms with van der Waals surface area (Å²) in [6.45, 7) is 0. The SMILES string of the molecule is COC(=O)c1ccc(NC2=C(Cl)C(=O)O[C@H]2OC(=O)c2ccccc2)cc1. The van der Waals surface area contributed by atoms with E-state index >= 15 is 0 Å². The summed E-state index contributed by atoms with van der Waals surface area (Å²) in [5.41, 5.74) is 1.26. The van der Waals surface area contributed by atoms with Gasteiger partial charge in [-0.15, -0.1) is 0 Å². The third-order valence-corrected chi connectivity index (χ3v) is 4.03. The van der Waals surface area contributed by atoms with E-state index in [9.17, 15) is 14.4 Å². The van der Waals surface area contributed by atoms with E-state index in [1.165, 1.54) is 19.2 Å². The van der Waals surface area contributed by atoms with Crippen LogP contribution < -0.4 is 5.32 Å². The lowest BCUT2D eigenvalue weighted by Crippen LogP contribution is -2.24. The first-order valence-electron chi connectivity index (χ1n) is 7.81. The van der Waals surface area contributed by atoms with E-state index in [1.54, 1.807) is 42.5 Å². The molecule has 1 aliphatic rings. The van der Waals surface area contributed by atoms with Crippen molar-refractivity contribution in [2.45, 2.75) is 6.29 Å². The van der Waals surface area contributed by atoms with Crippen LogP contribution in [0.4, 0.5) is 5.69 Å². The van der Waals surface area contributed by atoms with Crippen molar-refractivity contribution in [3.8, 4) is 0 Å².